The maximum absolute atomic E-state index is 12.0. The van der Waals surface area contributed by atoms with E-state index in [-0.39, 0.29) is 17.9 Å². The van der Waals surface area contributed by atoms with E-state index in [9.17, 15) is 9.59 Å². The number of nitrogens with one attached hydrogen (secondary N) is 1. The van der Waals surface area contributed by atoms with Crippen LogP contribution in [0.4, 0.5) is 5.69 Å². The zero-order valence-electron chi connectivity index (χ0n) is 11.2. The van der Waals surface area contributed by atoms with Crippen molar-refractivity contribution in [3.05, 3.63) is 35.9 Å². The van der Waals surface area contributed by atoms with E-state index in [4.69, 9.17) is 9.84 Å². The molecule has 0 spiro atoms. The van der Waals surface area contributed by atoms with Crippen LogP contribution in [0.3, 0.4) is 0 Å². The van der Waals surface area contributed by atoms with Gasteiger partial charge in [0.25, 0.3) is 0 Å². The number of hydrogen-bond donors (Lipinski definition) is 2. The van der Waals surface area contributed by atoms with Crippen LogP contribution in [0.5, 0.6) is 0 Å². The quantitative estimate of drug-likeness (QED) is 0.825. The lowest BCUT2D eigenvalue weighted by Crippen LogP contribution is -2.23. The first kappa shape index (κ1) is 14.3. The molecular weight excluding hydrogens is 258 g/mol. The molecule has 1 aliphatic rings. The fourth-order valence-electron chi connectivity index (χ4n) is 2.13. The highest BCUT2D eigenvalue weighted by Gasteiger charge is 2.28. The molecule has 2 N–H and O–H groups in total. The first-order valence-electron chi connectivity index (χ1n) is 6.48. The average Bonchev–Trinajstić information content (AvgIpc) is 2.84. The van der Waals surface area contributed by atoms with Gasteiger partial charge in [-0.05, 0) is 37.1 Å². The number of hydrogen-bond acceptors (Lipinski definition) is 3. The van der Waals surface area contributed by atoms with Crippen molar-refractivity contribution in [3.63, 3.8) is 0 Å². The molecule has 5 nitrogen and oxygen atoms in total. The normalized spacial score (nSPS) is 22.1. The van der Waals surface area contributed by atoms with Crippen molar-refractivity contribution in [3.8, 4) is 0 Å². The molecule has 0 aromatic heterocycles. The molecule has 20 heavy (non-hydrogen) atoms. The molecule has 2 rings (SSSR count). The van der Waals surface area contributed by atoms with Crippen molar-refractivity contribution < 1.29 is 19.4 Å². The summed E-state index contributed by atoms with van der Waals surface area (Å²) in [6, 6.07) is 7.05. The van der Waals surface area contributed by atoms with Crippen LogP contribution in [0.15, 0.2) is 30.3 Å². The zero-order chi connectivity index (χ0) is 14.5. The van der Waals surface area contributed by atoms with Crippen LogP contribution < -0.4 is 5.32 Å². The summed E-state index contributed by atoms with van der Waals surface area (Å²) in [5, 5.41) is 11.4. The van der Waals surface area contributed by atoms with Crippen LogP contribution in [0.2, 0.25) is 0 Å². The van der Waals surface area contributed by atoms with Gasteiger partial charge in [-0.3, -0.25) is 4.79 Å². The van der Waals surface area contributed by atoms with E-state index >= 15 is 0 Å². The molecule has 1 amide bonds. The highest BCUT2D eigenvalue weighted by Crippen LogP contribution is 2.21. The number of rotatable bonds is 4. The van der Waals surface area contributed by atoms with Crippen molar-refractivity contribution >= 4 is 23.6 Å². The van der Waals surface area contributed by atoms with E-state index in [1.54, 1.807) is 24.3 Å². The fourth-order valence-corrected chi connectivity index (χ4v) is 2.13. The third-order valence-corrected chi connectivity index (χ3v) is 3.14. The van der Waals surface area contributed by atoms with Gasteiger partial charge in [0.1, 0.15) is 0 Å². The van der Waals surface area contributed by atoms with Gasteiger partial charge in [0.05, 0.1) is 18.6 Å². The van der Waals surface area contributed by atoms with Crippen LogP contribution in [-0.4, -0.2) is 29.7 Å². The number of carboxylic acids is 1. The molecule has 0 saturated carbocycles. The minimum Gasteiger partial charge on any atom is -0.478 e. The number of carbonyl (C=O) groups is 2. The fraction of sp³-hybridized carbons (Fsp3) is 0.333. The molecule has 0 radical (unpaired) electrons. The van der Waals surface area contributed by atoms with Crippen molar-refractivity contribution in [2.75, 3.05) is 11.9 Å². The number of aliphatic carboxylic acids is 1. The Morgan fingerprint density at radius 3 is 2.90 bits per heavy atom. The molecule has 1 aromatic rings. The van der Waals surface area contributed by atoms with Gasteiger partial charge in [-0.15, -0.1) is 0 Å². The van der Waals surface area contributed by atoms with Crippen molar-refractivity contribution in [2.24, 2.45) is 5.92 Å². The van der Waals surface area contributed by atoms with Crippen LogP contribution in [0.25, 0.3) is 6.08 Å². The highest BCUT2D eigenvalue weighted by molar-refractivity contribution is 5.93. The number of carbonyl (C=O) groups excluding carboxylic acids is 1. The van der Waals surface area contributed by atoms with Crippen molar-refractivity contribution in [1.82, 2.24) is 0 Å². The SMILES string of the molecule is CC1CC(C(=O)Nc2cccc(/C=C/C(=O)O)c2)CO1. The van der Waals surface area contributed by atoms with Gasteiger partial charge in [-0.2, -0.15) is 0 Å². The molecule has 1 saturated heterocycles. The first-order chi connectivity index (χ1) is 9.54. The van der Waals surface area contributed by atoms with Crippen LogP contribution in [0.1, 0.15) is 18.9 Å². The second kappa shape index (κ2) is 6.34. The molecular formula is C15H17NO4. The highest BCUT2D eigenvalue weighted by atomic mass is 16.5. The first-order valence-corrected chi connectivity index (χ1v) is 6.48. The van der Waals surface area contributed by atoms with E-state index in [0.717, 1.165) is 18.1 Å². The number of amides is 1. The lowest BCUT2D eigenvalue weighted by Gasteiger charge is -2.09. The smallest absolute Gasteiger partial charge is 0.328 e. The van der Waals surface area contributed by atoms with E-state index in [0.29, 0.717) is 12.3 Å². The number of ether oxygens (including phenoxy) is 1. The average molecular weight is 275 g/mol. The summed E-state index contributed by atoms with van der Waals surface area (Å²) in [5.74, 6) is -1.19. The molecule has 1 heterocycles. The Morgan fingerprint density at radius 1 is 1.45 bits per heavy atom. The molecule has 0 bridgehead atoms. The Labute approximate surface area is 117 Å². The van der Waals surface area contributed by atoms with Gasteiger partial charge in [0.15, 0.2) is 0 Å². The molecule has 0 aliphatic carbocycles. The zero-order valence-corrected chi connectivity index (χ0v) is 11.2. The summed E-state index contributed by atoms with van der Waals surface area (Å²) >= 11 is 0. The van der Waals surface area contributed by atoms with Gasteiger partial charge in [0.2, 0.25) is 5.91 Å². The predicted octanol–water partition coefficient (Wildman–Crippen LogP) is 2.15. The number of carboxylic acid groups (broad SMARTS) is 1. The predicted molar refractivity (Wildman–Crippen MR) is 75.3 cm³/mol. The van der Waals surface area contributed by atoms with E-state index in [2.05, 4.69) is 5.32 Å². The third kappa shape index (κ3) is 3.93. The Bertz CT molecular complexity index is 538. The van der Waals surface area contributed by atoms with Gasteiger partial charge < -0.3 is 15.2 Å². The molecule has 2 unspecified atom stereocenters. The summed E-state index contributed by atoms with van der Waals surface area (Å²) in [7, 11) is 0. The van der Waals surface area contributed by atoms with Crippen molar-refractivity contribution in [1.29, 1.82) is 0 Å². The molecule has 106 valence electrons. The molecule has 2 atom stereocenters. The topological polar surface area (TPSA) is 75.6 Å². The molecule has 1 fully saturated rings. The number of benzene rings is 1. The lowest BCUT2D eigenvalue weighted by atomic mass is 10.1. The van der Waals surface area contributed by atoms with Gasteiger partial charge >= 0.3 is 5.97 Å². The van der Waals surface area contributed by atoms with Crippen LogP contribution >= 0.6 is 0 Å². The third-order valence-electron chi connectivity index (χ3n) is 3.14. The van der Waals surface area contributed by atoms with Crippen molar-refractivity contribution in [2.45, 2.75) is 19.4 Å². The summed E-state index contributed by atoms with van der Waals surface area (Å²) in [6.45, 7) is 2.40. The maximum atomic E-state index is 12.0. The van der Waals surface area contributed by atoms with E-state index in [1.165, 1.54) is 6.08 Å². The summed E-state index contributed by atoms with van der Waals surface area (Å²) in [5.41, 5.74) is 1.38. The van der Waals surface area contributed by atoms with Crippen LogP contribution in [0, 0.1) is 5.92 Å². The van der Waals surface area contributed by atoms with Gasteiger partial charge in [-0.25, -0.2) is 4.79 Å². The monoisotopic (exact) mass is 275 g/mol. The molecule has 1 aliphatic heterocycles. The maximum Gasteiger partial charge on any atom is 0.328 e. The Hall–Kier alpha value is -2.14. The Kier molecular flexibility index (Phi) is 4.53. The summed E-state index contributed by atoms with van der Waals surface area (Å²) in [4.78, 5) is 22.5. The van der Waals surface area contributed by atoms with Crippen LogP contribution in [-0.2, 0) is 14.3 Å². The second-order valence-corrected chi connectivity index (χ2v) is 4.86. The standard InChI is InChI=1S/C15H17NO4/c1-10-7-12(9-20-10)15(19)16-13-4-2-3-11(8-13)5-6-14(17)18/h2-6,8,10,12H,7,9H2,1H3,(H,16,19)(H,17,18)/b6-5+. The van der Waals surface area contributed by atoms with E-state index < -0.39 is 5.97 Å². The summed E-state index contributed by atoms with van der Waals surface area (Å²) < 4.78 is 5.38. The molecule has 1 aromatic carbocycles. The Morgan fingerprint density at radius 2 is 2.25 bits per heavy atom. The second-order valence-electron chi connectivity index (χ2n) is 4.86. The lowest BCUT2D eigenvalue weighted by molar-refractivity contribution is -0.131. The summed E-state index contributed by atoms with van der Waals surface area (Å²) in [6.07, 6.45) is 3.40. The molecule has 5 heteroatoms. The minimum atomic E-state index is -1.00. The van der Waals surface area contributed by atoms with Gasteiger partial charge in [-0.1, -0.05) is 12.1 Å². The Balaban J connectivity index is 2.00. The van der Waals surface area contributed by atoms with E-state index in [1.807, 2.05) is 6.92 Å². The number of anilines is 1. The minimum absolute atomic E-state index is 0.0614. The van der Waals surface area contributed by atoms with Gasteiger partial charge in [0, 0.05) is 11.8 Å². The largest absolute Gasteiger partial charge is 0.478 e.